The molecule has 0 saturated carbocycles. The first-order chi connectivity index (χ1) is 5.97. The summed E-state index contributed by atoms with van der Waals surface area (Å²) in [5.41, 5.74) is 0. The lowest BCUT2D eigenvalue weighted by Crippen LogP contribution is -2.43. The van der Waals surface area contributed by atoms with Crippen LogP contribution in [0, 0.1) is 6.04 Å². The van der Waals surface area contributed by atoms with Crippen molar-refractivity contribution in [3.8, 4) is 0 Å². The van der Waals surface area contributed by atoms with Gasteiger partial charge < -0.3 is 10.1 Å². The number of ether oxygens (including phenoxy) is 1. The van der Waals surface area contributed by atoms with E-state index in [1.54, 1.807) is 6.04 Å². The molecule has 12 heavy (non-hydrogen) atoms. The van der Waals surface area contributed by atoms with Crippen LogP contribution < -0.4 is 5.32 Å². The van der Waals surface area contributed by atoms with E-state index >= 15 is 0 Å². The molecule has 2 aliphatic rings. The van der Waals surface area contributed by atoms with E-state index in [1.807, 2.05) is 0 Å². The van der Waals surface area contributed by atoms with Crippen LogP contribution in [0.5, 0.6) is 0 Å². The van der Waals surface area contributed by atoms with Gasteiger partial charge in [0, 0.05) is 19.1 Å². The van der Waals surface area contributed by atoms with Gasteiger partial charge in [0.05, 0.1) is 13.2 Å². The van der Waals surface area contributed by atoms with Crippen molar-refractivity contribution in [2.75, 3.05) is 39.4 Å². The molecule has 1 radical (unpaired) electrons. The van der Waals surface area contributed by atoms with Crippen LogP contribution >= 0.6 is 0 Å². The first kappa shape index (κ1) is 8.48. The molecule has 0 aromatic carbocycles. The van der Waals surface area contributed by atoms with Gasteiger partial charge in [-0.1, -0.05) is 0 Å². The molecular weight excluding hydrogens is 152 g/mol. The summed E-state index contributed by atoms with van der Waals surface area (Å²) in [4.78, 5) is 2.50. The maximum Gasteiger partial charge on any atom is 0.0594 e. The van der Waals surface area contributed by atoms with Gasteiger partial charge in [-0.3, -0.25) is 4.90 Å². The van der Waals surface area contributed by atoms with E-state index in [1.165, 1.54) is 12.8 Å². The van der Waals surface area contributed by atoms with Gasteiger partial charge in [-0.2, -0.15) is 0 Å². The number of nitrogens with zero attached hydrogens (tertiary/aromatic N) is 1. The summed E-state index contributed by atoms with van der Waals surface area (Å²) in [6, 6.07) is 1.64. The summed E-state index contributed by atoms with van der Waals surface area (Å²) in [6.45, 7) is 6.36. The van der Waals surface area contributed by atoms with Crippen LogP contribution in [-0.4, -0.2) is 44.3 Å². The SMILES string of the molecule is C1C[C](N2CCOCC2)CCN1. The first-order valence-electron chi connectivity index (χ1n) is 4.85. The van der Waals surface area contributed by atoms with Crippen LogP contribution in [0.25, 0.3) is 0 Å². The quantitative estimate of drug-likeness (QED) is 0.608. The van der Waals surface area contributed by atoms with Crippen LogP contribution in [0.2, 0.25) is 0 Å². The van der Waals surface area contributed by atoms with Gasteiger partial charge in [-0.15, -0.1) is 0 Å². The van der Waals surface area contributed by atoms with Crippen molar-refractivity contribution in [2.24, 2.45) is 0 Å². The fourth-order valence-electron chi connectivity index (χ4n) is 1.91. The lowest BCUT2D eigenvalue weighted by atomic mass is 10.0. The van der Waals surface area contributed by atoms with Gasteiger partial charge in [0.15, 0.2) is 0 Å². The normalized spacial score (nSPS) is 29.0. The molecule has 69 valence electrons. The summed E-state index contributed by atoms with van der Waals surface area (Å²) < 4.78 is 5.32. The van der Waals surface area contributed by atoms with Crippen LogP contribution in [0.15, 0.2) is 0 Å². The zero-order valence-electron chi connectivity index (χ0n) is 7.51. The molecule has 2 aliphatic heterocycles. The Morgan fingerprint density at radius 2 is 1.75 bits per heavy atom. The zero-order chi connectivity index (χ0) is 8.23. The molecule has 3 nitrogen and oxygen atoms in total. The lowest BCUT2D eigenvalue weighted by molar-refractivity contribution is 0.0355. The lowest BCUT2D eigenvalue weighted by Gasteiger charge is -2.36. The third kappa shape index (κ3) is 1.97. The number of hydrogen-bond donors (Lipinski definition) is 1. The Morgan fingerprint density at radius 1 is 1.08 bits per heavy atom. The molecule has 2 saturated heterocycles. The van der Waals surface area contributed by atoms with Crippen LogP contribution in [-0.2, 0) is 4.74 Å². The van der Waals surface area contributed by atoms with Gasteiger partial charge >= 0.3 is 0 Å². The van der Waals surface area contributed by atoms with Crippen molar-refractivity contribution in [1.29, 1.82) is 0 Å². The minimum absolute atomic E-state index is 0.914. The molecule has 0 amide bonds. The predicted molar refractivity (Wildman–Crippen MR) is 47.7 cm³/mol. The fourth-order valence-corrected chi connectivity index (χ4v) is 1.91. The van der Waals surface area contributed by atoms with Gasteiger partial charge in [-0.05, 0) is 25.9 Å². The molecule has 0 aromatic heterocycles. The Balaban J connectivity index is 1.80. The van der Waals surface area contributed by atoms with Crippen molar-refractivity contribution >= 4 is 0 Å². The average Bonchev–Trinajstić information content (AvgIpc) is 2.21. The van der Waals surface area contributed by atoms with Crippen molar-refractivity contribution in [2.45, 2.75) is 12.8 Å². The second kappa shape index (κ2) is 4.21. The summed E-state index contributed by atoms with van der Waals surface area (Å²) in [7, 11) is 0. The number of hydrogen-bond acceptors (Lipinski definition) is 3. The largest absolute Gasteiger partial charge is 0.379 e. The molecule has 0 aliphatic carbocycles. The molecule has 1 N–H and O–H groups in total. The summed E-state index contributed by atoms with van der Waals surface area (Å²) in [6.07, 6.45) is 2.47. The fraction of sp³-hybridized carbons (Fsp3) is 0.889. The molecule has 2 heterocycles. The summed E-state index contributed by atoms with van der Waals surface area (Å²) in [5, 5.41) is 3.38. The number of piperidine rings is 1. The van der Waals surface area contributed by atoms with E-state index in [9.17, 15) is 0 Å². The topological polar surface area (TPSA) is 24.5 Å². The molecule has 0 atom stereocenters. The van der Waals surface area contributed by atoms with Crippen molar-refractivity contribution in [1.82, 2.24) is 10.2 Å². The van der Waals surface area contributed by atoms with E-state index in [0.29, 0.717) is 0 Å². The van der Waals surface area contributed by atoms with E-state index in [0.717, 1.165) is 39.4 Å². The third-order valence-corrected chi connectivity index (χ3v) is 2.64. The monoisotopic (exact) mass is 169 g/mol. The van der Waals surface area contributed by atoms with Crippen molar-refractivity contribution in [3.05, 3.63) is 6.04 Å². The van der Waals surface area contributed by atoms with E-state index in [4.69, 9.17) is 4.74 Å². The molecule has 0 unspecified atom stereocenters. The van der Waals surface area contributed by atoms with Crippen molar-refractivity contribution in [3.63, 3.8) is 0 Å². The molecule has 0 spiro atoms. The maximum atomic E-state index is 5.32. The highest BCUT2D eigenvalue weighted by molar-refractivity contribution is 4.94. The zero-order valence-corrected chi connectivity index (χ0v) is 7.51. The second-order valence-corrected chi connectivity index (χ2v) is 3.42. The third-order valence-electron chi connectivity index (χ3n) is 2.64. The smallest absolute Gasteiger partial charge is 0.0594 e. The van der Waals surface area contributed by atoms with Crippen molar-refractivity contribution < 1.29 is 4.74 Å². The Hall–Kier alpha value is -0.120. The van der Waals surface area contributed by atoms with E-state index in [-0.39, 0.29) is 0 Å². The summed E-state index contributed by atoms with van der Waals surface area (Å²) >= 11 is 0. The van der Waals surface area contributed by atoms with Gasteiger partial charge in [0.1, 0.15) is 0 Å². The highest BCUT2D eigenvalue weighted by atomic mass is 16.5. The average molecular weight is 169 g/mol. The Kier molecular flexibility index (Phi) is 2.98. The second-order valence-electron chi connectivity index (χ2n) is 3.42. The van der Waals surface area contributed by atoms with Crippen LogP contribution in [0.3, 0.4) is 0 Å². The standard InChI is InChI=1S/C9H17N2O/c1-3-10-4-2-9(1)11-5-7-12-8-6-11/h10H,1-8H2. The van der Waals surface area contributed by atoms with Gasteiger partial charge in [0.25, 0.3) is 0 Å². The minimum atomic E-state index is 0.914. The number of morpholine rings is 1. The Morgan fingerprint density at radius 3 is 2.42 bits per heavy atom. The van der Waals surface area contributed by atoms with E-state index in [2.05, 4.69) is 10.2 Å². The molecule has 0 aromatic rings. The molecular formula is C9H17N2O. The molecule has 2 fully saturated rings. The molecule has 2 rings (SSSR count). The first-order valence-corrected chi connectivity index (χ1v) is 4.85. The Labute approximate surface area is 74.1 Å². The number of nitrogens with one attached hydrogen (secondary N) is 1. The minimum Gasteiger partial charge on any atom is -0.379 e. The highest BCUT2D eigenvalue weighted by Crippen LogP contribution is 2.20. The maximum absolute atomic E-state index is 5.32. The predicted octanol–water partition coefficient (Wildman–Crippen LogP) is 0.234. The molecule has 3 heteroatoms. The van der Waals surface area contributed by atoms with Crippen LogP contribution in [0.4, 0.5) is 0 Å². The van der Waals surface area contributed by atoms with E-state index < -0.39 is 0 Å². The van der Waals surface area contributed by atoms with Crippen LogP contribution in [0.1, 0.15) is 12.8 Å². The summed E-state index contributed by atoms with van der Waals surface area (Å²) in [5.74, 6) is 0. The Bertz CT molecular complexity index is 112. The molecule has 0 bridgehead atoms. The number of rotatable bonds is 1. The van der Waals surface area contributed by atoms with Gasteiger partial charge in [0.2, 0.25) is 0 Å². The highest BCUT2D eigenvalue weighted by Gasteiger charge is 2.22. The van der Waals surface area contributed by atoms with Gasteiger partial charge in [-0.25, -0.2) is 0 Å².